The van der Waals surface area contributed by atoms with Crippen LogP contribution in [-0.4, -0.2) is 71.9 Å². The van der Waals surface area contributed by atoms with Crippen LogP contribution in [0.25, 0.3) is 0 Å². The van der Waals surface area contributed by atoms with E-state index in [-0.39, 0.29) is 35.1 Å². The first-order valence-electron chi connectivity index (χ1n) is 13.6. The zero-order chi connectivity index (χ0) is 27.9. The molecule has 2 saturated heterocycles. The molecular formula is C30H35Cl2N3O4. The summed E-state index contributed by atoms with van der Waals surface area (Å²) < 4.78 is 5.65. The molecule has 2 unspecified atom stereocenters. The Balaban J connectivity index is 1.30. The van der Waals surface area contributed by atoms with Crippen molar-refractivity contribution in [3.8, 4) is 5.75 Å². The van der Waals surface area contributed by atoms with Gasteiger partial charge in [0.15, 0.2) is 0 Å². The molecule has 3 amide bonds. The van der Waals surface area contributed by atoms with E-state index in [1.807, 2.05) is 47.9 Å². The monoisotopic (exact) mass is 571 g/mol. The largest absolute Gasteiger partial charge is 0.415 e. The molecule has 3 aliphatic rings. The van der Waals surface area contributed by atoms with E-state index < -0.39 is 6.09 Å². The fourth-order valence-corrected chi connectivity index (χ4v) is 6.02. The lowest BCUT2D eigenvalue weighted by Gasteiger charge is -2.34. The highest BCUT2D eigenvalue weighted by atomic mass is 35.5. The second kappa shape index (κ2) is 11.0. The number of piperidine rings is 1. The van der Waals surface area contributed by atoms with Gasteiger partial charge in [0.1, 0.15) is 5.75 Å². The molecule has 5 rings (SSSR count). The molecule has 1 aliphatic carbocycles. The number of halogens is 2. The Bertz CT molecular complexity index is 1260. The Hall–Kier alpha value is -2.77. The van der Waals surface area contributed by atoms with E-state index in [0.717, 1.165) is 24.0 Å². The van der Waals surface area contributed by atoms with Crippen molar-refractivity contribution in [2.75, 3.05) is 33.2 Å². The number of likely N-dealkylation sites (tertiary alicyclic amines) is 2. The highest BCUT2D eigenvalue weighted by Gasteiger charge is 2.48. The van der Waals surface area contributed by atoms with Crippen LogP contribution in [0, 0.1) is 18.3 Å². The molecule has 2 aromatic rings. The minimum atomic E-state index is -0.483. The predicted molar refractivity (Wildman–Crippen MR) is 151 cm³/mol. The van der Waals surface area contributed by atoms with Crippen LogP contribution >= 0.6 is 23.2 Å². The van der Waals surface area contributed by atoms with Crippen molar-refractivity contribution in [2.24, 2.45) is 11.3 Å². The van der Waals surface area contributed by atoms with Crippen molar-refractivity contribution in [2.45, 2.75) is 51.5 Å². The molecule has 2 aromatic carbocycles. The Morgan fingerprint density at radius 2 is 1.62 bits per heavy atom. The van der Waals surface area contributed by atoms with Gasteiger partial charge in [-0.05, 0) is 62.4 Å². The first kappa shape index (κ1) is 27.8. The number of likely N-dealkylation sites (N-methyl/N-ethyl adjacent to an activating group) is 1. The maximum absolute atomic E-state index is 13.7. The van der Waals surface area contributed by atoms with E-state index >= 15 is 0 Å². The number of ether oxygens (including phenoxy) is 1. The summed E-state index contributed by atoms with van der Waals surface area (Å²) in [5.41, 5.74) is 1.80. The Morgan fingerprint density at radius 3 is 2.23 bits per heavy atom. The van der Waals surface area contributed by atoms with Crippen molar-refractivity contribution >= 4 is 41.1 Å². The summed E-state index contributed by atoms with van der Waals surface area (Å²) in [4.78, 5) is 45.0. The highest BCUT2D eigenvalue weighted by molar-refractivity contribution is 6.42. The Morgan fingerprint density at radius 1 is 0.949 bits per heavy atom. The zero-order valence-electron chi connectivity index (χ0n) is 22.7. The standard InChI is InChI=1S/C30H35Cl2N3O4/c1-19-4-7-22(8-5-19)39-29(38)33(3)26-18-35(17-23(26)21-6-9-24(31)25(32)16-21)27(36)20-10-14-34(15-11-20)28(37)30(2)12-13-30/h4-9,16,20,23,26H,10-15,17-18H2,1-3H3. The average Bonchev–Trinajstić information content (AvgIpc) is 3.53. The van der Waals surface area contributed by atoms with Gasteiger partial charge < -0.3 is 19.4 Å². The molecule has 3 fully saturated rings. The maximum Gasteiger partial charge on any atom is 0.415 e. The number of amides is 3. The van der Waals surface area contributed by atoms with Crippen LogP contribution in [0.2, 0.25) is 10.0 Å². The van der Waals surface area contributed by atoms with E-state index in [1.165, 1.54) is 0 Å². The lowest BCUT2D eigenvalue weighted by atomic mass is 9.93. The summed E-state index contributed by atoms with van der Waals surface area (Å²) in [6, 6.07) is 12.5. The summed E-state index contributed by atoms with van der Waals surface area (Å²) in [6.07, 6.45) is 2.74. The lowest BCUT2D eigenvalue weighted by molar-refractivity contribution is -0.142. The summed E-state index contributed by atoms with van der Waals surface area (Å²) in [5.74, 6) is 0.473. The number of hydrogen-bond acceptors (Lipinski definition) is 4. The number of aryl methyl sites for hydroxylation is 1. The zero-order valence-corrected chi connectivity index (χ0v) is 24.2. The van der Waals surface area contributed by atoms with Crippen molar-refractivity contribution in [1.29, 1.82) is 0 Å². The predicted octanol–water partition coefficient (Wildman–Crippen LogP) is 5.77. The molecule has 7 nitrogen and oxygen atoms in total. The molecule has 2 atom stereocenters. The SMILES string of the molecule is Cc1ccc(OC(=O)N(C)C2CN(C(=O)C3CCN(C(=O)C4(C)CC4)CC3)CC2c2ccc(Cl)c(Cl)c2)cc1. The maximum atomic E-state index is 13.7. The molecule has 0 bridgehead atoms. The van der Waals surface area contributed by atoms with Crippen LogP contribution in [0.3, 0.4) is 0 Å². The smallest absolute Gasteiger partial charge is 0.410 e. The molecule has 2 aliphatic heterocycles. The van der Waals surface area contributed by atoms with Gasteiger partial charge in [0.05, 0.1) is 16.1 Å². The van der Waals surface area contributed by atoms with E-state index in [9.17, 15) is 14.4 Å². The second-order valence-electron chi connectivity index (χ2n) is 11.5. The first-order chi connectivity index (χ1) is 18.6. The summed E-state index contributed by atoms with van der Waals surface area (Å²) in [5, 5.41) is 0.889. The van der Waals surface area contributed by atoms with Crippen LogP contribution in [0.15, 0.2) is 42.5 Å². The highest BCUT2D eigenvalue weighted by Crippen LogP contribution is 2.47. The first-order valence-corrected chi connectivity index (χ1v) is 14.4. The molecule has 0 radical (unpaired) electrons. The molecular weight excluding hydrogens is 537 g/mol. The lowest BCUT2D eigenvalue weighted by Crippen LogP contribution is -2.46. The average molecular weight is 573 g/mol. The third-order valence-corrected chi connectivity index (χ3v) is 9.37. The number of rotatable bonds is 5. The van der Waals surface area contributed by atoms with E-state index in [2.05, 4.69) is 0 Å². The van der Waals surface area contributed by atoms with Gasteiger partial charge in [0.25, 0.3) is 0 Å². The molecule has 2 heterocycles. The van der Waals surface area contributed by atoms with E-state index in [4.69, 9.17) is 27.9 Å². The van der Waals surface area contributed by atoms with Gasteiger partial charge in [0, 0.05) is 50.5 Å². The van der Waals surface area contributed by atoms with Gasteiger partial charge in [-0.15, -0.1) is 0 Å². The van der Waals surface area contributed by atoms with Gasteiger partial charge >= 0.3 is 6.09 Å². The van der Waals surface area contributed by atoms with Crippen molar-refractivity contribution in [1.82, 2.24) is 14.7 Å². The third-order valence-electron chi connectivity index (χ3n) is 8.63. The molecule has 0 spiro atoms. The molecule has 0 N–H and O–H groups in total. The minimum Gasteiger partial charge on any atom is -0.410 e. The fraction of sp³-hybridized carbons (Fsp3) is 0.500. The number of hydrogen-bond donors (Lipinski definition) is 0. The Kier molecular flexibility index (Phi) is 7.84. The van der Waals surface area contributed by atoms with Crippen molar-refractivity contribution in [3.63, 3.8) is 0 Å². The number of benzene rings is 2. The number of carbonyl (C=O) groups excluding carboxylic acids is 3. The fourth-order valence-electron chi connectivity index (χ4n) is 5.71. The van der Waals surface area contributed by atoms with Gasteiger partial charge in [-0.2, -0.15) is 0 Å². The van der Waals surface area contributed by atoms with Crippen LogP contribution in [0.5, 0.6) is 5.75 Å². The number of nitrogens with zero attached hydrogens (tertiary/aromatic N) is 3. The van der Waals surface area contributed by atoms with Gasteiger partial charge in [0.2, 0.25) is 11.8 Å². The van der Waals surface area contributed by atoms with E-state index in [0.29, 0.717) is 54.8 Å². The van der Waals surface area contributed by atoms with Gasteiger partial charge in [-0.25, -0.2) is 4.79 Å². The summed E-state index contributed by atoms with van der Waals surface area (Å²) in [6.45, 7) is 6.07. The topological polar surface area (TPSA) is 70.2 Å². The molecule has 1 saturated carbocycles. The van der Waals surface area contributed by atoms with Gasteiger partial charge in [-0.1, -0.05) is 53.9 Å². The second-order valence-corrected chi connectivity index (χ2v) is 12.3. The van der Waals surface area contributed by atoms with Crippen LogP contribution in [0.4, 0.5) is 4.79 Å². The van der Waals surface area contributed by atoms with E-state index in [1.54, 1.807) is 30.1 Å². The molecule has 208 valence electrons. The minimum absolute atomic E-state index is 0.0765. The van der Waals surface area contributed by atoms with Crippen LogP contribution in [-0.2, 0) is 9.59 Å². The van der Waals surface area contributed by atoms with Crippen molar-refractivity contribution in [3.05, 3.63) is 63.6 Å². The summed E-state index contributed by atoms with van der Waals surface area (Å²) >= 11 is 12.5. The molecule has 39 heavy (non-hydrogen) atoms. The van der Waals surface area contributed by atoms with Gasteiger partial charge in [-0.3, -0.25) is 9.59 Å². The third kappa shape index (κ3) is 5.90. The van der Waals surface area contributed by atoms with Crippen LogP contribution in [0.1, 0.15) is 49.7 Å². The molecule has 0 aromatic heterocycles. The number of carbonyl (C=O) groups is 3. The normalized spacial score (nSPS) is 22.5. The summed E-state index contributed by atoms with van der Waals surface area (Å²) in [7, 11) is 1.71. The molecule has 9 heteroatoms. The van der Waals surface area contributed by atoms with Crippen molar-refractivity contribution < 1.29 is 19.1 Å². The van der Waals surface area contributed by atoms with Crippen LogP contribution < -0.4 is 4.74 Å². The Labute approximate surface area is 240 Å². The quantitative estimate of drug-likeness (QED) is 0.457.